The molecule has 1 heterocycles. The Balaban J connectivity index is 2.71. The van der Waals surface area contributed by atoms with E-state index in [2.05, 4.69) is 20.8 Å². The van der Waals surface area contributed by atoms with E-state index in [-0.39, 0.29) is 16.8 Å². The number of hydrogen-bond acceptors (Lipinski definition) is 2. The molecule has 0 unspecified atom stereocenters. The molecule has 0 amide bonds. The fourth-order valence-corrected chi connectivity index (χ4v) is 2.54. The van der Waals surface area contributed by atoms with Crippen LogP contribution in [0.5, 0.6) is 5.75 Å². The Bertz CT molecular complexity index is 708. The molecule has 4 heteroatoms. The van der Waals surface area contributed by atoms with Gasteiger partial charge in [0.15, 0.2) is 0 Å². The molecule has 0 aliphatic heterocycles. The van der Waals surface area contributed by atoms with Crippen molar-refractivity contribution in [1.29, 1.82) is 0 Å². The standard InChI is InChI=1S/C18H26N2O2/c1-17(2,3)19-12-15(20(16(19)21)18(4,5)6)13-8-10-14(22-7)11-9-13/h8-12H,1-7H3. The monoisotopic (exact) mass is 302 g/mol. The van der Waals surface area contributed by atoms with Crippen LogP contribution in [0.2, 0.25) is 0 Å². The van der Waals surface area contributed by atoms with Crippen molar-refractivity contribution in [3.05, 3.63) is 40.9 Å². The predicted octanol–water partition coefficient (Wildman–Crippen LogP) is 3.84. The summed E-state index contributed by atoms with van der Waals surface area (Å²) in [4.78, 5) is 12.9. The Morgan fingerprint density at radius 3 is 1.86 bits per heavy atom. The summed E-state index contributed by atoms with van der Waals surface area (Å²) in [5, 5.41) is 0. The molecule has 120 valence electrons. The molecule has 4 nitrogen and oxygen atoms in total. The van der Waals surface area contributed by atoms with Crippen LogP contribution in [0.1, 0.15) is 41.5 Å². The quantitative estimate of drug-likeness (QED) is 0.845. The van der Waals surface area contributed by atoms with Gasteiger partial charge in [-0.1, -0.05) is 0 Å². The van der Waals surface area contributed by atoms with Gasteiger partial charge in [-0.2, -0.15) is 0 Å². The predicted molar refractivity (Wildman–Crippen MR) is 90.7 cm³/mol. The molecule has 0 atom stereocenters. The highest BCUT2D eigenvalue weighted by molar-refractivity contribution is 5.60. The minimum Gasteiger partial charge on any atom is -0.497 e. The number of imidazole rings is 1. The smallest absolute Gasteiger partial charge is 0.329 e. The maximum atomic E-state index is 12.9. The molecule has 2 aromatic rings. The van der Waals surface area contributed by atoms with Crippen molar-refractivity contribution < 1.29 is 4.74 Å². The lowest BCUT2D eigenvalue weighted by atomic mass is 10.1. The van der Waals surface area contributed by atoms with E-state index in [1.807, 2.05) is 55.8 Å². The second-order valence-electron chi connectivity index (χ2n) is 7.57. The van der Waals surface area contributed by atoms with Crippen LogP contribution in [0, 0.1) is 0 Å². The van der Waals surface area contributed by atoms with Gasteiger partial charge in [0.25, 0.3) is 0 Å². The minimum absolute atomic E-state index is 0.0193. The van der Waals surface area contributed by atoms with Crippen molar-refractivity contribution in [2.75, 3.05) is 7.11 Å². The number of hydrogen-bond donors (Lipinski definition) is 0. The van der Waals surface area contributed by atoms with E-state index in [0.717, 1.165) is 17.0 Å². The van der Waals surface area contributed by atoms with Crippen LogP contribution in [0.25, 0.3) is 11.3 Å². The van der Waals surface area contributed by atoms with Gasteiger partial charge >= 0.3 is 5.69 Å². The topological polar surface area (TPSA) is 36.2 Å². The lowest BCUT2D eigenvalue weighted by molar-refractivity contribution is 0.343. The zero-order valence-corrected chi connectivity index (χ0v) is 14.6. The van der Waals surface area contributed by atoms with Crippen molar-refractivity contribution in [2.45, 2.75) is 52.6 Å². The third kappa shape index (κ3) is 2.96. The maximum Gasteiger partial charge on any atom is 0.329 e. The molecular weight excluding hydrogens is 276 g/mol. The third-order valence-corrected chi connectivity index (χ3v) is 3.67. The first-order chi connectivity index (χ1) is 10.1. The summed E-state index contributed by atoms with van der Waals surface area (Å²) in [6.45, 7) is 12.3. The lowest BCUT2D eigenvalue weighted by Crippen LogP contribution is -2.39. The van der Waals surface area contributed by atoms with Crippen LogP contribution >= 0.6 is 0 Å². The van der Waals surface area contributed by atoms with Gasteiger partial charge in [-0.25, -0.2) is 4.79 Å². The van der Waals surface area contributed by atoms with Gasteiger partial charge in [-0.3, -0.25) is 9.13 Å². The molecule has 1 aromatic carbocycles. The summed E-state index contributed by atoms with van der Waals surface area (Å²) in [5.74, 6) is 0.809. The SMILES string of the molecule is COc1ccc(-c2cn(C(C)(C)C)c(=O)n2C(C)(C)C)cc1. The third-order valence-electron chi connectivity index (χ3n) is 3.67. The van der Waals surface area contributed by atoms with Crippen LogP contribution < -0.4 is 10.4 Å². The molecule has 0 bridgehead atoms. The van der Waals surface area contributed by atoms with E-state index < -0.39 is 0 Å². The van der Waals surface area contributed by atoms with E-state index >= 15 is 0 Å². The molecule has 1 aromatic heterocycles. The average Bonchev–Trinajstić information content (AvgIpc) is 2.76. The molecule has 0 fully saturated rings. The van der Waals surface area contributed by atoms with Crippen LogP contribution in [0.15, 0.2) is 35.3 Å². The normalized spacial score (nSPS) is 12.5. The molecule has 0 aliphatic rings. The average molecular weight is 302 g/mol. The summed E-state index contributed by atoms with van der Waals surface area (Å²) in [5.41, 5.74) is 1.41. The molecule has 0 saturated carbocycles. The van der Waals surface area contributed by atoms with Gasteiger partial charge in [-0.15, -0.1) is 0 Å². The Morgan fingerprint density at radius 2 is 1.45 bits per heavy atom. The number of aromatic nitrogens is 2. The van der Waals surface area contributed by atoms with Crippen LogP contribution in [-0.4, -0.2) is 16.2 Å². The van der Waals surface area contributed by atoms with Crippen molar-refractivity contribution in [1.82, 2.24) is 9.13 Å². The molecular formula is C18H26N2O2. The summed E-state index contributed by atoms with van der Waals surface area (Å²) in [6.07, 6.45) is 1.95. The number of methoxy groups -OCH3 is 1. The highest BCUT2D eigenvalue weighted by Gasteiger charge is 2.26. The maximum absolute atomic E-state index is 12.9. The van der Waals surface area contributed by atoms with E-state index in [1.165, 1.54) is 0 Å². The van der Waals surface area contributed by atoms with Crippen molar-refractivity contribution >= 4 is 0 Å². The highest BCUT2D eigenvalue weighted by atomic mass is 16.5. The van der Waals surface area contributed by atoms with Gasteiger partial charge < -0.3 is 4.74 Å². The van der Waals surface area contributed by atoms with Crippen molar-refractivity contribution in [3.8, 4) is 17.0 Å². The molecule has 0 radical (unpaired) electrons. The first kappa shape index (κ1) is 16.4. The second kappa shape index (κ2) is 5.34. The van der Waals surface area contributed by atoms with Gasteiger partial charge in [0.2, 0.25) is 0 Å². The molecule has 22 heavy (non-hydrogen) atoms. The van der Waals surface area contributed by atoms with E-state index in [9.17, 15) is 4.79 Å². The van der Waals surface area contributed by atoms with Crippen LogP contribution in [0.3, 0.4) is 0 Å². The van der Waals surface area contributed by atoms with Crippen molar-refractivity contribution in [2.24, 2.45) is 0 Å². The van der Waals surface area contributed by atoms with Crippen LogP contribution in [0.4, 0.5) is 0 Å². The van der Waals surface area contributed by atoms with Gasteiger partial charge in [-0.05, 0) is 65.8 Å². The fraction of sp³-hybridized carbons (Fsp3) is 0.500. The number of ether oxygens (including phenoxy) is 1. The molecule has 0 aliphatic carbocycles. The number of nitrogens with zero attached hydrogens (tertiary/aromatic N) is 2. The first-order valence-corrected chi connectivity index (χ1v) is 7.55. The minimum atomic E-state index is -0.289. The zero-order valence-electron chi connectivity index (χ0n) is 14.6. The molecule has 0 spiro atoms. The van der Waals surface area contributed by atoms with Gasteiger partial charge in [0.1, 0.15) is 5.75 Å². The number of benzene rings is 1. The largest absolute Gasteiger partial charge is 0.497 e. The summed E-state index contributed by atoms with van der Waals surface area (Å²) < 4.78 is 8.88. The van der Waals surface area contributed by atoms with E-state index in [0.29, 0.717) is 0 Å². The second-order valence-corrected chi connectivity index (χ2v) is 7.57. The van der Waals surface area contributed by atoms with E-state index in [4.69, 9.17) is 4.74 Å². The van der Waals surface area contributed by atoms with Crippen LogP contribution in [-0.2, 0) is 11.1 Å². The highest BCUT2D eigenvalue weighted by Crippen LogP contribution is 2.28. The fourth-order valence-electron chi connectivity index (χ4n) is 2.54. The zero-order chi connectivity index (χ0) is 16.7. The molecule has 0 N–H and O–H groups in total. The number of rotatable bonds is 2. The molecule has 0 saturated heterocycles. The van der Waals surface area contributed by atoms with E-state index in [1.54, 1.807) is 11.7 Å². The summed E-state index contributed by atoms with van der Waals surface area (Å²) in [7, 11) is 1.65. The Labute approximate surface area is 132 Å². The Hall–Kier alpha value is -1.97. The Morgan fingerprint density at radius 1 is 0.909 bits per heavy atom. The summed E-state index contributed by atoms with van der Waals surface area (Å²) in [6, 6.07) is 7.81. The lowest BCUT2D eigenvalue weighted by Gasteiger charge is -2.23. The van der Waals surface area contributed by atoms with Gasteiger partial charge in [0.05, 0.1) is 12.8 Å². The van der Waals surface area contributed by atoms with Crippen molar-refractivity contribution in [3.63, 3.8) is 0 Å². The Kier molecular flexibility index (Phi) is 3.98. The van der Waals surface area contributed by atoms with Gasteiger partial charge in [0, 0.05) is 22.8 Å². The molecule has 2 rings (SSSR count). The summed E-state index contributed by atoms with van der Waals surface area (Å²) >= 11 is 0. The first-order valence-electron chi connectivity index (χ1n) is 7.55.